The molecule has 2 atom stereocenters. The maximum absolute atomic E-state index is 11.7. The van der Waals surface area contributed by atoms with Crippen molar-refractivity contribution < 1.29 is 28.3 Å². The van der Waals surface area contributed by atoms with Crippen LogP contribution in [-0.2, 0) is 23.4 Å². The van der Waals surface area contributed by atoms with E-state index in [2.05, 4.69) is 18.2 Å². The third-order valence-corrected chi connectivity index (χ3v) is 5.58. The zero-order valence-electron chi connectivity index (χ0n) is 19.7. The highest BCUT2D eigenvalue weighted by Gasteiger charge is 2.24. The van der Waals surface area contributed by atoms with E-state index >= 15 is 0 Å². The van der Waals surface area contributed by atoms with E-state index in [0.29, 0.717) is 6.61 Å². The molecule has 0 saturated carbocycles. The predicted octanol–water partition coefficient (Wildman–Crippen LogP) is 7.51. The summed E-state index contributed by atoms with van der Waals surface area (Å²) >= 11 is 0. The molecule has 0 heterocycles. The average Bonchev–Trinajstić information content (AvgIpc) is 2.70. The second-order valence-corrected chi connectivity index (χ2v) is 9.68. The van der Waals surface area contributed by atoms with Crippen LogP contribution in [0.4, 0.5) is 0 Å². The third-order valence-electron chi connectivity index (χ3n) is 4.81. The number of ether oxygens (including phenoxy) is 1. The molecule has 0 aliphatic heterocycles. The lowest BCUT2D eigenvalue weighted by molar-refractivity contribution is -0.225. The highest BCUT2D eigenvalue weighted by Crippen LogP contribution is 2.43. The van der Waals surface area contributed by atoms with Gasteiger partial charge in [0.15, 0.2) is 0 Å². The van der Waals surface area contributed by atoms with Gasteiger partial charge in [0.05, 0.1) is 25.9 Å². The number of hydrogen-bond acceptors (Lipinski definition) is 5. The lowest BCUT2D eigenvalue weighted by Crippen LogP contribution is -2.16. The van der Waals surface area contributed by atoms with Crippen molar-refractivity contribution in [1.29, 1.82) is 0 Å². The van der Waals surface area contributed by atoms with Gasteiger partial charge in [0.25, 0.3) is 0 Å². The molecule has 7 heteroatoms. The molecule has 6 nitrogen and oxygen atoms in total. The van der Waals surface area contributed by atoms with Gasteiger partial charge in [-0.05, 0) is 20.3 Å². The number of unbranched alkanes of at least 4 members (excludes halogenated alkanes) is 13. The van der Waals surface area contributed by atoms with E-state index in [1.54, 1.807) is 6.92 Å². The van der Waals surface area contributed by atoms with Gasteiger partial charge in [-0.15, -0.1) is 4.67 Å². The first-order chi connectivity index (χ1) is 14.4. The van der Waals surface area contributed by atoms with Crippen LogP contribution in [-0.4, -0.2) is 30.8 Å². The molecule has 0 aromatic carbocycles. The van der Waals surface area contributed by atoms with E-state index in [-0.39, 0.29) is 19.3 Å². The van der Waals surface area contributed by atoms with Crippen LogP contribution >= 0.6 is 7.82 Å². The maximum Gasteiger partial charge on any atom is 0.499 e. The zero-order chi connectivity index (χ0) is 22.5. The maximum atomic E-state index is 11.7. The molecular weight excluding hydrogens is 403 g/mol. The number of rotatable bonds is 23. The van der Waals surface area contributed by atoms with Crippen molar-refractivity contribution in [2.24, 2.45) is 0 Å². The minimum atomic E-state index is -4.21. The van der Waals surface area contributed by atoms with Crippen LogP contribution < -0.4 is 0 Å². The molecule has 0 aromatic rings. The van der Waals surface area contributed by atoms with Gasteiger partial charge in [-0.2, -0.15) is 0 Å². The summed E-state index contributed by atoms with van der Waals surface area (Å²) in [7, 11) is -4.21. The molecule has 0 rings (SSSR count). The van der Waals surface area contributed by atoms with Gasteiger partial charge in [-0.3, -0.25) is 4.52 Å². The topological polar surface area (TPSA) is 74.2 Å². The Labute approximate surface area is 185 Å². The highest BCUT2D eigenvalue weighted by molar-refractivity contribution is 7.47. The first-order valence-corrected chi connectivity index (χ1v) is 13.4. The van der Waals surface area contributed by atoms with Gasteiger partial charge in [-0.1, -0.05) is 103 Å². The van der Waals surface area contributed by atoms with Crippen molar-refractivity contribution in [3.05, 3.63) is 12.2 Å². The lowest BCUT2D eigenvalue weighted by atomic mass is 10.0. The molecule has 0 radical (unpaired) electrons. The molecular formula is C23H47O6P. The first kappa shape index (κ1) is 29.8. The van der Waals surface area contributed by atoms with Crippen LogP contribution in [0, 0.1) is 0 Å². The molecule has 0 aliphatic carbocycles. The molecule has 2 unspecified atom stereocenters. The Morgan fingerprint density at radius 2 is 1.37 bits per heavy atom. The van der Waals surface area contributed by atoms with Crippen molar-refractivity contribution >= 4 is 7.82 Å². The molecule has 0 amide bonds. The SMILES string of the molecule is C=C(C)COC(C)COP(=O)(O)OOCCCCCCCCCCCCCCCC. The van der Waals surface area contributed by atoms with Crippen molar-refractivity contribution in [2.75, 3.05) is 19.8 Å². The van der Waals surface area contributed by atoms with Crippen LogP contribution in [0.15, 0.2) is 12.2 Å². The molecule has 30 heavy (non-hydrogen) atoms. The smallest absolute Gasteiger partial charge is 0.372 e. The fraction of sp³-hybridized carbons (Fsp3) is 0.913. The van der Waals surface area contributed by atoms with Crippen LogP contribution in [0.25, 0.3) is 0 Å². The predicted molar refractivity (Wildman–Crippen MR) is 123 cm³/mol. The molecule has 0 bridgehead atoms. The molecule has 0 fully saturated rings. The van der Waals surface area contributed by atoms with E-state index in [9.17, 15) is 9.46 Å². The molecule has 0 saturated heterocycles. The standard InChI is InChI=1S/C23H47O6P/c1-5-6-7-8-9-10-11-12-13-14-15-16-17-18-19-27-29-30(24,25)28-21-23(4)26-20-22(2)3/h23H,2,5-21H2,1,3-4H3,(H,24,25). The Hall–Kier alpha value is -0.230. The summed E-state index contributed by atoms with van der Waals surface area (Å²) in [6, 6.07) is 0. The van der Waals surface area contributed by atoms with Gasteiger partial charge in [0.1, 0.15) is 0 Å². The van der Waals surface area contributed by atoms with Crippen LogP contribution in [0.2, 0.25) is 0 Å². The first-order valence-electron chi connectivity index (χ1n) is 11.9. The zero-order valence-corrected chi connectivity index (χ0v) is 20.6. The third kappa shape index (κ3) is 22.5. The normalized spacial score (nSPS) is 14.5. The lowest BCUT2D eigenvalue weighted by Gasteiger charge is -2.15. The number of hydrogen-bond donors (Lipinski definition) is 1. The minimum absolute atomic E-state index is 0.0523. The average molecular weight is 451 g/mol. The van der Waals surface area contributed by atoms with Gasteiger partial charge in [0, 0.05) is 0 Å². The van der Waals surface area contributed by atoms with E-state index in [4.69, 9.17) is 14.1 Å². The summed E-state index contributed by atoms with van der Waals surface area (Å²) < 4.78 is 26.5. The van der Waals surface area contributed by atoms with Gasteiger partial charge in [0.2, 0.25) is 0 Å². The Morgan fingerprint density at radius 3 is 1.83 bits per heavy atom. The Morgan fingerprint density at radius 1 is 0.900 bits per heavy atom. The van der Waals surface area contributed by atoms with Crippen molar-refractivity contribution in [1.82, 2.24) is 0 Å². The molecule has 0 spiro atoms. The summed E-state index contributed by atoms with van der Waals surface area (Å²) in [5.41, 5.74) is 0.877. The van der Waals surface area contributed by atoms with Crippen molar-refractivity contribution in [3.8, 4) is 0 Å². The van der Waals surface area contributed by atoms with Crippen LogP contribution in [0.1, 0.15) is 111 Å². The van der Waals surface area contributed by atoms with E-state index in [1.807, 2.05) is 6.92 Å². The van der Waals surface area contributed by atoms with E-state index < -0.39 is 7.82 Å². The second kappa shape index (κ2) is 20.7. The second-order valence-electron chi connectivity index (χ2n) is 8.34. The fourth-order valence-corrected chi connectivity index (χ4v) is 3.66. The quantitative estimate of drug-likeness (QED) is 0.0570. The summed E-state index contributed by atoms with van der Waals surface area (Å²) in [4.78, 5) is 14.4. The van der Waals surface area contributed by atoms with E-state index in [0.717, 1.165) is 24.8 Å². The summed E-state index contributed by atoms with van der Waals surface area (Å²) in [6.07, 6.45) is 17.5. The minimum Gasteiger partial charge on any atom is -0.372 e. The van der Waals surface area contributed by atoms with Gasteiger partial charge < -0.3 is 9.63 Å². The Bertz CT molecular complexity index is 443. The van der Waals surface area contributed by atoms with Crippen molar-refractivity contribution in [3.63, 3.8) is 0 Å². The summed E-state index contributed by atoms with van der Waals surface area (Å²) in [6.45, 7) is 10.2. The number of phosphoric ester groups is 1. The number of phosphoric acid groups is 1. The Balaban J connectivity index is 3.38. The fourth-order valence-electron chi connectivity index (χ4n) is 3.01. The largest absolute Gasteiger partial charge is 0.499 e. The van der Waals surface area contributed by atoms with Crippen LogP contribution in [0.3, 0.4) is 0 Å². The summed E-state index contributed by atoms with van der Waals surface area (Å²) in [5.74, 6) is 0. The molecule has 1 N–H and O–H groups in total. The van der Waals surface area contributed by atoms with Crippen LogP contribution in [0.5, 0.6) is 0 Å². The summed E-state index contributed by atoms with van der Waals surface area (Å²) in [5, 5.41) is 0. The Kier molecular flexibility index (Phi) is 20.5. The monoisotopic (exact) mass is 450 g/mol. The van der Waals surface area contributed by atoms with Gasteiger partial charge >= 0.3 is 7.82 Å². The molecule has 0 aliphatic rings. The highest BCUT2D eigenvalue weighted by atomic mass is 31.2. The van der Waals surface area contributed by atoms with Gasteiger partial charge in [-0.25, -0.2) is 9.45 Å². The molecule has 0 aromatic heterocycles. The molecule has 180 valence electrons. The van der Waals surface area contributed by atoms with Crippen molar-refractivity contribution in [2.45, 2.75) is 117 Å². The van der Waals surface area contributed by atoms with E-state index in [1.165, 1.54) is 70.6 Å².